The van der Waals surface area contributed by atoms with Crippen LogP contribution in [0, 0.1) is 12.8 Å². The summed E-state index contributed by atoms with van der Waals surface area (Å²) in [4.78, 5) is 18.5. The van der Waals surface area contributed by atoms with Crippen LogP contribution in [0.5, 0.6) is 0 Å². The summed E-state index contributed by atoms with van der Waals surface area (Å²) in [6.07, 6.45) is 2.41. The molecule has 4 heteroatoms. The molecule has 1 amide bonds. The molecule has 3 saturated heterocycles. The van der Waals surface area contributed by atoms with E-state index in [4.69, 9.17) is 0 Å². The first kappa shape index (κ1) is 15.5. The lowest BCUT2D eigenvalue weighted by molar-refractivity contribution is 0.0216. The highest BCUT2D eigenvalue weighted by molar-refractivity contribution is 5.93. The van der Waals surface area contributed by atoms with Crippen LogP contribution in [0.25, 0.3) is 11.3 Å². The van der Waals surface area contributed by atoms with Gasteiger partial charge in [0.05, 0.1) is 0 Å². The molecule has 0 saturated carbocycles. The second kappa shape index (κ2) is 6.10. The second-order valence-electron chi connectivity index (χ2n) is 7.27. The van der Waals surface area contributed by atoms with Gasteiger partial charge in [-0.15, -0.1) is 0 Å². The third-order valence-corrected chi connectivity index (χ3v) is 5.74. The van der Waals surface area contributed by atoms with Crippen LogP contribution in [0.2, 0.25) is 0 Å². The first-order valence-corrected chi connectivity index (χ1v) is 8.93. The normalized spacial score (nSPS) is 28.8. The molecular weight excluding hydrogens is 298 g/mol. The number of hydrogen-bond acceptors (Lipinski definition) is 2. The maximum absolute atomic E-state index is 12.7. The largest absolute Gasteiger partial charge is 0.351 e. The fourth-order valence-corrected chi connectivity index (χ4v) is 4.28. The molecule has 4 heterocycles. The van der Waals surface area contributed by atoms with Crippen LogP contribution in [0.3, 0.4) is 0 Å². The number of nitrogens with one attached hydrogen (secondary N) is 2. The Morgan fingerprint density at radius 1 is 1.21 bits per heavy atom. The first-order valence-electron chi connectivity index (χ1n) is 8.93. The Morgan fingerprint density at radius 3 is 2.71 bits per heavy atom. The van der Waals surface area contributed by atoms with Crippen LogP contribution in [-0.2, 0) is 0 Å². The number of aromatic nitrogens is 1. The number of aryl methyl sites for hydroxylation is 1. The van der Waals surface area contributed by atoms with E-state index in [0.29, 0.717) is 17.7 Å². The van der Waals surface area contributed by atoms with Crippen LogP contribution in [-0.4, -0.2) is 41.0 Å². The average Bonchev–Trinajstić information content (AvgIpc) is 3.09. The van der Waals surface area contributed by atoms with Gasteiger partial charge in [0.1, 0.15) is 5.69 Å². The van der Waals surface area contributed by atoms with Crippen LogP contribution >= 0.6 is 0 Å². The van der Waals surface area contributed by atoms with Crippen molar-refractivity contribution in [3.8, 4) is 11.3 Å². The maximum atomic E-state index is 12.7. The van der Waals surface area contributed by atoms with Crippen molar-refractivity contribution in [1.29, 1.82) is 0 Å². The van der Waals surface area contributed by atoms with E-state index < -0.39 is 0 Å². The zero-order chi connectivity index (χ0) is 16.7. The van der Waals surface area contributed by atoms with Gasteiger partial charge >= 0.3 is 0 Å². The quantitative estimate of drug-likeness (QED) is 0.911. The summed E-state index contributed by atoms with van der Waals surface area (Å²) in [5, 5.41) is 3.28. The molecule has 4 nitrogen and oxygen atoms in total. The summed E-state index contributed by atoms with van der Waals surface area (Å²) in [7, 11) is 0. The van der Waals surface area contributed by atoms with Gasteiger partial charge in [-0.25, -0.2) is 0 Å². The summed E-state index contributed by atoms with van der Waals surface area (Å²) in [5.41, 5.74) is 3.97. The van der Waals surface area contributed by atoms with E-state index in [2.05, 4.69) is 47.2 Å². The fraction of sp³-hybridized carbons (Fsp3) is 0.450. The zero-order valence-electron chi connectivity index (χ0n) is 14.4. The number of H-pyrrole nitrogens is 1. The van der Waals surface area contributed by atoms with Gasteiger partial charge in [0.25, 0.3) is 5.91 Å². The SMILES string of the molecule is Cc1cccc(-c2ccc(C(=O)N[C@@H]3C4CCN(CC4)[C@H]3C)[nH]2)c1. The molecule has 2 N–H and O–H groups in total. The number of piperidine rings is 3. The highest BCUT2D eigenvalue weighted by Gasteiger charge is 2.40. The van der Waals surface area contributed by atoms with Gasteiger partial charge in [-0.05, 0) is 69.5 Å². The van der Waals surface area contributed by atoms with Crippen molar-refractivity contribution in [2.75, 3.05) is 13.1 Å². The Morgan fingerprint density at radius 2 is 2.00 bits per heavy atom. The molecule has 3 aliphatic rings. The standard InChI is InChI=1S/C20H25N3O/c1-13-4-3-5-16(12-13)17-6-7-18(21-17)20(24)22-19-14(2)23-10-8-15(19)9-11-23/h3-7,12,14-15,19,21H,8-11H2,1-2H3,(H,22,24)/t14-,19-/m0/s1. The highest BCUT2D eigenvalue weighted by atomic mass is 16.2. The monoisotopic (exact) mass is 323 g/mol. The molecule has 0 spiro atoms. The fourth-order valence-electron chi connectivity index (χ4n) is 4.28. The Labute approximate surface area is 143 Å². The molecule has 24 heavy (non-hydrogen) atoms. The Balaban J connectivity index is 1.49. The minimum Gasteiger partial charge on any atom is -0.351 e. The lowest BCUT2D eigenvalue weighted by Gasteiger charge is -2.49. The number of carbonyl (C=O) groups is 1. The number of hydrogen-bond donors (Lipinski definition) is 2. The van der Waals surface area contributed by atoms with E-state index in [9.17, 15) is 4.79 Å². The third kappa shape index (κ3) is 2.75. The summed E-state index contributed by atoms with van der Waals surface area (Å²) >= 11 is 0. The Kier molecular flexibility index (Phi) is 3.93. The molecule has 2 atom stereocenters. The molecule has 3 fully saturated rings. The molecule has 2 bridgehead atoms. The van der Waals surface area contributed by atoms with Gasteiger partial charge in [-0.3, -0.25) is 9.69 Å². The van der Waals surface area contributed by atoms with E-state index >= 15 is 0 Å². The summed E-state index contributed by atoms with van der Waals surface area (Å²) in [6, 6.07) is 12.9. The molecule has 0 aliphatic carbocycles. The van der Waals surface area contributed by atoms with Gasteiger partial charge < -0.3 is 10.3 Å². The minimum absolute atomic E-state index is 0.0134. The van der Waals surface area contributed by atoms with Crippen molar-refractivity contribution in [3.05, 3.63) is 47.7 Å². The molecule has 0 radical (unpaired) electrons. The molecule has 0 unspecified atom stereocenters. The molecular formula is C20H25N3O. The van der Waals surface area contributed by atoms with E-state index in [1.165, 1.54) is 31.5 Å². The highest BCUT2D eigenvalue weighted by Crippen LogP contribution is 2.32. The number of benzene rings is 1. The molecule has 1 aromatic carbocycles. The molecule has 126 valence electrons. The topological polar surface area (TPSA) is 48.1 Å². The number of carbonyl (C=O) groups excluding carboxylic acids is 1. The number of nitrogens with zero attached hydrogens (tertiary/aromatic N) is 1. The van der Waals surface area contributed by atoms with E-state index in [1.54, 1.807) is 0 Å². The van der Waals surface area contributed by atoms with Crippen molar-refractivity contribution >= 4 is 5.91 Å². The maximum Gasteiger partial charge on any atom is 0.267 e. The van der Waals surface area contributed by atoms with Crippen molar-refractivity contribution in [1.82, 2.24) is 15.2 Å². The predicted octanol–water partition coefficient (Wildman–Crippen LogP) is 3.20. The zero-order valence-corrected chi connectivity index (χ0v) is 14.4. The molecule has 3 aliphatic heterocycles. The smallest absolute Gasteiger partial charge is 0.267 e. The first-order chi connectivity index (χ1) is 11.6. The molecule has 5 rings (SSSR count). The van der Waals surface area contributed by atoms with Gasteiger partial charge in [0, 0.05) is 17.8 Å². The lowest BCUT2D eigenvalue weighted by atomic mass is 9.79. The lowest BCUT2D eigenvalue weighted by Crippen LogP contribution is -2.62. The molecule has 2 aromatic rings. The Bertz CT molecular complexity index is 741. The molecule has 1 aromatic heterocycles. The van der Waals surface area contributed by atoms with E-state index in [-0.39, 0.29) is 11.9 Å². The average molecular weight is 323 g/mol. The number of rotatable bonds is 3. The van der Waals surface area contributed by atoms with Crippen LogP contribution in [0.1, 0.15) is 35.8 Å². The van der Waals surface area contributed by atoms with E-state index in [0.717, 1.165) is 11.3 Å². The predicted molar refractivity (Wildman–Crippen MR) is 96.0 cm³/mol. The van der Waals surface area contributed by atoms with Gasteiger partial charge in [0.2, 0.25) is 0 Å². The number of fused-ring (bicyclic) bond motifs is 3. The van der Waals surface area contributed by atoms with Crippen molar-refractivity contribution in [2.24, 2.45) is 5.92 Å². The summed E-state index contributed by atoms with van der Waals surface area (Å²) in [6.45, 7) is 6.68. The van der Waals surface area contributed by atoms with Gasteiger partial charge in [-0.1, -0.05) is 23.8 Å². The van der Waals surface area contributed by atoms with Crippen molar-refractivity contribution < 1.29 is 4.79 Å². The van der Waals surface area contributed by atoms with Crippen LogP contribution in [0.4, 0.5) is 0 Å². The Hall–Kier alpha value is -2.07. The van der Waals surface area contributed by atoms with E-state index in [1.807, 2.05) is 18.2 Å². The minimum atomic E-state index is 0.0134. The summed E-state index contributed by atoms with van der Waals surface area (Å²) < 4.78 is 0. The van der Waals surface area contributed by atoms with Crippen LogP contribution < -0.4 is 5.32 Å². The summed E-state index contributed by atoms with van der Waals surface area (Å²) in [5.74, 6) is 0.639. The second-order valence-corrected chi connectivity index (χ2v) is 7.27. The van der Waals surface area contributed by atoms with Crippen LogP contribution in [0.15, 0.2) is 36.4 Å². The number of aromatic amines is 1. The third-order valence-electron chi connectivity index (χ3n) is 5.74. The van der Waals surface area contributed by atoms with Crippen molar-refractivity contribution in [3.63, 3.8) is 0 Å². The number of amides is 1. The van der Waals surface area contributed by atoms with Crippen molar-refractivity contribution in [2.45, 2.75) is 38.8 Å². The van der Waals surface area contributed by atoms with Gasteiger partial charge in [-0.2, -0.15) is 0 Å². The van der Waals surface area contributed by atoms with Gasteiger partial charge in [0.15, 0.2) is 0 Å².